The van der Waals surface area contributed by atoms with Crippen LogP contribution in [0.15, 0.2) is 30.3 Å². The van der Waals surface area contributed by atoms with E-state index in [9.17, 15) is 9.59 Å². The number of carbonyl (C=O) groups excluding carboxylic acids is 2. The molecule has 0 aromatic heterocycles. The quantitative estimate of drug-likeness (QED) is 0.540. The molecular weight excluding hydrogens is 196 g/mol. The van der Waals surface area contributed by atoms with E-state index in [1.165, 1.54) is 6.92 Å². The summed E-state index contributed by atoms with van der Waals surface area (Å²) in [5, 5.41) is 0. The Kier molecular flexibility index (Phi) is 4.34. The molecule has 80 valence electrons. The first-order chi connectivity index (χ1) is 7.24. The first-order valence-electron chi connectivity index (χ1n) is 4.53. The predicted octanol–water partition coefficient (Wildman–Crippen LogP) is 1.29. The van der Waals surface area contributed by atoms with Gasteiger partial charge in [-0.1, -0.05) is 30.3 Å². The molecule has 0 bridgehead atoms. The minimum absolute atomic E-state index is 0.187. The van der Waals surface area contributed by atoms with Gasteiger partial charge in [0.05, 0.1) is 0 Å². The summed E-state index contributed by atoms with van der Waals surface area (Å²) in [5.41, 5.74) is 0.893. The van der Waals surface area contributed by atoms with Gasteiger partial charge in [-0.05, 0) is 12.5 Å². The van der Waals surface area contributed by atoms with E-state index in [0.717, 1.165) is 5.56 Å². The van der Waals surface area contributed by atoms with Crippen molar-refractivity contribution in [3.63, 3.8) is 0 Å². The molecule has 0 fully saturated rings. The molecule has 1 aromatic carbocycles. The summed E-state index contributed by atoms with van der Waals surface area (Å²) < 4.78 is 9.36. The molecule has 0 aliphatic rings. The van der Waals surface area contributed by atoms with Gasteiger partial charge in [-0.2, -0.15) is 0 Å². The minimum Gasteiger partial charge on any atom is -0.458 e. The summed E-state index contributed by atoms with van der Waals surface area (Å²) in [6.07, 6.45) is -0.855. The molecule has 0 aliphatic heterocycles. The monoisotopic (exact) mass is 208 g/mol. The average molecular weight is 208 g/mol. The van der Waals surface area contributed by atoms with Gasteiger partial charge in [-0.15, -0.1) is 0 Å². The lowest BCUT2D eigenvalue weighted by molar-refractivity contribution is -0.161. The van der Waals surface area contributed by atoms with Crippen molar-refractivity contribution in [2.45, 2.75) is 19.6 Å². The summed E-state index contributed by atoms with van der Waals surface area (Å²) in [6, 6.07) is 9.28. The van der Waals surface area contributed by atoms with Crippen molar-refractivity contribution >= 4 is 12.4 Å². The number of esters is 1. The molecule has 0 spiro atoms. The molecular formula is C11H12O4. The zero-order valence-corrected chi connectivity index (χ0v) is 8.38. The second-order valence-electron chi connectivity index (χ2n) is 2.97. The summed E-state index contributed by atoms with van der Waals surface area (Å²) >= 11 is 0. The van der Waals surface area contributed by atoms with Gasteiger partial charge in [0.25, 0.3) is 6.47 Å². The molecule has 0 aliphatic carbocycles. The van der Waals surface area contributed by atoms with E-state index in [2.05, 4.69) is 4.74 Å². The predicted molar refractivity (Wildman–Crippen MR) is 52.8 cm³/mol. The van der Waals surface area contributed by atoms with Crippen LogP contribution in [0.2, 0.25) is 0 Å². The van der Waals surface area contributed by atoms with Gasteiger partial charge in [0.2, 0.25) is 0 Å². The Labute approximate surface area is 87.8 Å². The maximum atomic E-state index is 11.2. The molecule has 1 atom stereocenters. The van der Waals surface area contributed by atoms with Crippen molar-refractivity contribution in [1.29, 1.82) is 0 Å². The largest absolute Gasteiger partial charge is 0.458 e. The van der Waals surface area contributed by atoms with E-state index in [1.54, 1.807) is 0 Å². The van der Waals surface area contributed by atoms with Crippen molar-refractivity contribution in [1.82, 2.24) is 0 Å². The summed E-state index contributed by atoms with van der Waals surface area (Å²) in [6.45, 7) is 1.88. The second-order valence-corrected chi connectivity index (χ2v) is 2.97. The Bertz CT molecular complexity index is 321. The smallest absolute Gasteiger partial charge is 0.347 e. The summed E-state index contributed by atoms with van der Waals surface area (Å²) in [4.78, 5) is 21.2. The molecule has 1 aromatic rings. The van der Waals surface area contributed by atoms with E-state index in [0.29, 0.717) is 0 Å². The Balaban J connectivity index is 2.37. The highest BCUT2D eigenvalue weighted by Crippen LogP contribution is 2.02. The zero-order valence-electron chi connectivity index (χ0n) is 8.38. The van der Waals surface area contributed by atoms with Crippen LogP contribution >= 0.6 is 0 Å². The molecule has 4 nitrogen and oxygen atoms in total. The Hall–Kier alpha value is -1.84. The van der Waals surface area contributed by atoms with Crippen molar-refractivity contribution < 1.29 is 19.1 Å². The Morgan fingerprint density at radius 1 is 1.40 bits per heavy atom. The Morgan fingerprint density at radius 2 is 2.07 bits per heavy atom. The van der Waals surface area contributed by atoms with E-state index in [1.807, 2.05) is 30.3 Å². The van der Waals surface area contributed by atoms with Crippen molar-refractivity contribution in [2.75, 3.05) is 0 Å². The number of carbonyl (C=O) groups is 2. The molecule has 0 unspecified atom stereocenters. The lowest BCUT2D eigenvalue weighted by Gasteiger charge is -2.09. The molecule has 0 saturated carbocycles. The van der Waals surface area contributed by atoms with Gasteiger partial charge in [-0.3, -0.25) is 4.79 Å². The number of hydrogen-bond acceptors (Lipinski definition) is 4. The standard InChI is InChI=1S/C11H12O4/c1-9(15-8-12)11(13)14-7-10-5-3-2-4-6-10/h2-6,8-9H,7H2,1H3/t9-/m1/s1. The van der Waals surface area contributed by atoms with E-state index < -0.39 is 12.1 Å². The number of ether oxygens (including phenoxy) is 2. The van der Waals surface area contributed by atoms with Gasteiger partial charge < -0.3 is 9.47 Å². The van der Waals surface area contributed by atoms with Gasteiger partial charge in [0.15, 0.2) is 6.10 Å². The number of benzene rings is 1. The Morgan fingerprint density at radius 3 is 2.67 bits per heavy atom. The number of rotatable bonds is 5. The van der Waals surface area contributed by atoms with E-state index >= 15 is 0 Å². The SMILES string of the molecule is C[C@@H](OC=O)C(=O)OCc1ccccc1. The minimum atomic E-state index is -0.855. The highest BCUT2D eigenvalue weighted by molar-refractivity contribution is 5.75. The lowest BCUT2D eigenvalue weighted by Crippen LogP contribution is -2.22. The molecule has 0 amide bonds. The first-order valence-corrected chi connectivity index (χ1v) is 4.53. The van der Waals surface area contributed by atoms with Crippen molar-refractivity contribution in [3.05, 3.63) is 35.9 Å². The fourth-order valence-electron chi connectivity index (χ4n) is 0.985. The molecule has 0 saturated heterocycles. The van der Waals surface area contributed by atoms with E-state index in [4.69, 9.17) is 4.74 Å². The summed E-state index contributed by atoms with van der Waals surface area (Å²) in [7, 11) is 0. The van der Waals surface area contributed by atoms with Gasteiger partial charge >= 0.3 is 5.97 Å². The molecule has 0 N–H and O–H groups in total. The third-order valence-corrected chi connectivity index (χ3v) is 1.82. The van der Waals surface area contributed by atoms with Crippen LogP contribution in [0.1, 0.15) is 12.5 Å². The van der Waals surface area contributed by atoms with Crippen molar-refractivity contribution in [2.24, 2.45) is 0 Å². The van der Waals surface area contributed by atoms with Crippen LogP contribution < -0.4 is 0 Å². The fourth-order valence-corrected chi connectivity index (χ4v) is 0.985. The highest BCUT2D eigenvalue weighted by Gasteiger charge is 2.14. The van der Waals surface area contributed by atoms with Crippen LogP contribution in [0.25, 0.3) is 0 Å². The van der Waals surface area contributed by atoms with Crippen LogP contribution in [0.5, 0.6) is 0 Å². The second kappa shape index (κ2) is 5.80. The van der Waals surface area contributed by atoms with E-state index in [-0.39, 0.29) is 13.1 Å². The maximum Gasteiger partial charge on any atom is 0.347 e. The normalized spacial score (nSPS) is 11.5. The zero-order chi connectivity index (χ0) is 11.1. The third-order valence-electron chi connectivity index (χ3n) is 1.82. The van der Waals surface area contributed by atoms with Gasteiger partial charge in [0, 0.05) is 0 Å². The maximum absolute atomic E-state index is 11.2. The fraction of sp³-hybridized carbons (Fsp3) is 0.273. The van der Waals surface area contributed by atoms with Crippen LogP contribution in [0, 0.1) is 0 Å². The van der Waals surface area contributed by atoms with Gasteiger partial charge in [-0.25, -0.2) is 4.79 Å². The lowest BCUT2D eigenvalue weighted by atomic mass is 10.2. The molecule has 4 heteroatoms. The van der Waals surface area contributed by atoms with Crippen molar-refractivity contribution in [3.8, 4) is 0 Å². The third kappa shape index (κ3) is 3.81. The van der Waals surface area contributed by atoms with Crippen LogP contribution in [0.4, 0.5) is 0 Å². The number of hydrogen-bond donors (Lipinski definition) is 0. The topological polar surface area (TPSA) is 52.6 Å². The molecule has 0 heterocycles. The van der Waals surface area contributed by atoms with Crippen LogP contribution in [0.3, 0.4) is 0 Å². The van der Waals surface area contributed by atoms with Crippen LogP contribution in [-0.2, 0) is 25.7 Å². The first kappa shape index (κ1) is 11.2. The van der Waals surface area contributed by atoms with Crippen LogP contribution in [-0.4, -0.2) is 18.5 Å². The molecule has 0 radical (unpaired) electrons. The average Bonchev–Trinajstić information content (AvgIpc) is 2.27. The highest BCUT2D eigenvalue weighted by atomic mass is 16.6. The molecule has 15 heavy (non-hydrogen) atoms. The summed E-state index contributed by atoms with van der Waals surface area (Å²) in [5.74, 6) is -0.550. The van der Waals surface area contributed by atoms with Gasteiger partial charge in [0.1, 0.15) is 6.61 Å². The molecule has 1 rings (SSSR count).